The number of amides is 1. The van der Waals surface area contributed by atoms with Gasteiger partial charge in [-0.15, -0.1) is 0 Å². The van der Waals surface area contributed by atoms with Crippen molar-refractivity contribution in [3.63, 3.8) is 0 Å². The van der Waals surface area contributed by atoms with Crippen LogP contribution in [0, 0.1) is 0 Å². The van der Waals surface area contributed by atoms with Gasteiger partial charge in [0, 0.05) is 6.04 Å². The Labute approximate surface area is 133 Å². The molecule has 128 valence electrons. The number of hydrogen-bond donors (Lipinski definition) is 1. The van der Waals surface area contributed by atoms with E-state index in [1.807, 2.05) is 7.05 Å². The molecule has 1 heterocycles. The Morgan fingerprint density at radius 2 is 1.91 bits per heavy atom. The lowest BCUT2D eigenvalue weighted by atomic mass is 10.1. The van der Waals surface area contributed by atoms with Crippen molar-refractivity contribution in [3.8, 4) is 5.75 Å². The second kappa shape index (κ2) is 7.21. The molecule has 7 heteroatoms. The van der Waals surface area contributed by atoms with Gasteiger partial charge in [0.15, 0.2) is 6.10 Å². The zero-order chi connectivity index (χ0) is 17.0. The zero-order valence-corrected chi connectivity index (χ0v) is 13.2. The first-order valence-corrected chi connectivity index (χ1v) is 7.59. The molecule has 23 heavy (non-hydrogen) atoms. The third kappa shape index (κ3) is 4.86. The summed E-state index contributed by atoms with van der Waals surface area (Å²) in [5.74, 6) is -0.720. The van der Waals surface area contributed by atoms with Gasteiger partial charge in [-0.2, -0.15) is 13.2 Å². The molecule has 1 fully saturated rings. The van der Waals surface area contributed by atoms with Gasteiger partial charge in [-0.25, -0.2) is 0 Å². The van der Waals surface area contributed by atoms with E-state index in [0.717, 1.165) is 32.0 Å². The fraction of sp³-hybridized carbons (Fsp3) is 0.562. The number of rotatable bonds is 4. The number of carbonyl (C=O) groups excluding carboxylic acids is 1. The Morgan fingerprint density at radius 1 is 1.30 bits per heavy atom. The Balaban J connectivity index is 1.96. The SMILES string of the molecule is C[C@@H](Oc1ccccc1C(F)(F)F)C(=O)NC1CCN(C)CC1. The summed E-state index contributed by atoms with van der Waals surface area (Å²) in [7, 11) is 2.01. The largest absolute Gasteiger partial charge is 0.480 e. The quantitative estimate of drug-likeness (QED) is 0.923. The van der Waals surface area contributed by atoms with Crippen LogP contribution >= 0.6 is 0 Å². The summed E-state index contributed by atoms with van der Waals surface area (Å²) in [6, 6.07) is 4.95. The zero-order valence-electron chi connectivity index (χ0n) is 13.2. The third-order valence-electron chi connectivity index (χ3n) is 3.93. The number of carbonyl (C=O) groups is 1. The number of likely N-dealkylation sites (tertiary alicyclic amines) is 1. The first kappa shape index (κ1) is 17.6. The van der Waals surface area contributed by atoms with Crippen LogP contribution in [0.15, 0.2) is 24.3 Å². The second-order valence-corrected chi connectivity index (χ2v) is 5.84. The molecular formula is C16H21F3N2O2. The molecule has 0 unspecified atom stereocenters. The van der Waals surface area contributed by atoms with Crippen LogP contribution in [0.25, 0.3) is 0 Å². The van der Waals surface area contributed by atoms with Crippen molar-refractivity contribution < 1.29 is 22.7 Å². The molecule has 0 aliphatic carbocycles. The van der Waals surface area contributed by atoms with Crippen molar-refractivity contribution in [1.82, 2.24) is 10.2 Å². The number of ether oxygens (including phenoxy) is 1. The normalized spacial score (nSPS) is 18.5. The number of para-hydroxylation sites is 1. The highest BCUT2D eigenvalue weighted by Gasteiger charge is 2.35. The Morgan fingerprint density at radius 3 is 2.52 bits per heavy atom. The molecule has 1 saturated heterocycles. The number of nitrogens with zero attached hydrogens (tertiary/aromatic N) is 1. The average molecular weight is 330 g/mol. The molecule has 1 aliphatic rings. The molecule has 1 aromatic carbocycles. The first-order chi connectivity index (χ1) is 10.8. The highest BCUT2D eigenvalue weighted by atomic mass is 19.4. The summed E-state index contributed by atoms with van der Waals surface area (Å²) in [5, 5.41) is 2.85. The van der Waals surface area contributed by atoms with E-state index in [-0.39, 0.29) is 11.8 Å². The van der Waals surface area contributed by atoms with E-state index in [9.17, 15) is 18.0 Å². The molecule has 1 N–H and O–H groups in total. The van der Waals surface area contributed by atoms with Crippen molar-refractivity contribution in [2.24, 2.45) is 0 Å². The van der Waals surface area contributed by atoms with Gasteiger partial charge in [-0.1, -0.05) is 12.1 Å². The third-order valence-corrected chi connectivity index (χ3v) is 3.93. The Hall–Kier alpha value is -1.76. The number of benzene rings is 1. The number of alkyl halides is 3. The number of halogens is 3. The van der Waals surface area contributed by atoms with E-state index in [1.54, 1.807) is 0 Å². The highest BCUT2D eigenvalue weighted by Crippen LogP contribution is 2.36. The van der Waals surface area contributed by atoms with Gasteiger partial charge in [0.2, 0.25) is 0 Å². The minimum atomic E-state index is -4.51. The van der Waals surface area contributed by atoms with Crippen LogP contribution in [-0.2, 0) is 11.0 Å². The monoisotopic (exact) mass is 330 g/mol. The molecular weight excluding hydrogens is 309 g/mol. The van der Waals surface area contributed by atoms with E-state index in [4.69, 9.17) is 4.74 Å². The standard InChI is InChI=1S/C16H21F3N2O2/c1-11(15(22)20-12-7-9-21(2)10-8-12)23-14-6-4-3-5-13(14)16(17,18)19/h3-6,11-12H,7-10H2,1-2H3,(H,20,22)/t11-/m1/s1. The van der Waals surface area contributed by atoms with E-state index in [0.29, 0.717) is 0 Å². The van der Waals surface area contributed by atoms with Gasteiger partial charge in [0.1, 0.15) is 5.75 Å². The maximum absolute atomic E-state index is 12.9. The number of nitrogens with one attached hydrogen (secondary N) is 1. The Kier molecular flexibility index (Phi) is 5.51. The van der Waals surface area contributed by atoms with Crippen LogP contribution in [0.5, 0.6) is 5.75 Å². The number of hydrogen-bond acceptors (Lipinski definition) is 3. The molecule has 0 radical (unpaired) electrons. The maximum atomic E-state index is 12.9. The lowest BCUT2D eigenvalue weighted by Gasteiger charge is -2.30. The summed E-state index contributed by atoms with van der Waals surface area (Å²) in [4.78, 5) is 14.3. The summed E-state index contributed by atoms with van der Waals surface area (Å²) in [6.07, 6.45) is -3.85. The van der Waals surface area contributed by atoms with Gasteiger partial charge in [-0.05, 0) is 52.0 Å². The van der Waals surface area contributed by atoms with Crippen LogP contribution in [0.2, 0.25) is 0 Å². The Bertz CT molecular complexity index is 540. The van der Waals surface area contributed by atoms with Crippen LogP contribution in [0.1, 0.15) is 25.3 Å². The summed E-state index contributed by atoms with van der Waals surface area (Å²) < 4.78 is 44.0. The van der Waals surface area contributed by atoms with Crippen molar-refractivity contribution in [1.29, 1.82) is 0 Å². The molecule has 4 nitrogen and oxygen atoms in total. The van der Waals surface area contributed by atoms with Crippen LogP contribution in [0.3, 0.4) is 0 Å². The molecule has 0 spiro atoms. The minimum absolute atomic E-state index is 0.0441. The van der Waals surface area contributed by atoms with Gasteiger partial charge in [0.25, 0.3) is 5.91 Å². The lowest BCUT2D eigenvalue weighted by Crippen LogP contribution is -2.47. The van der Waals surface area contributed by atoms with Gasteiger partial charge < -0.3 is 15.0 Å². The molecule has 1 amide bonds. The van der Waals surface area contributed by atoms with Crippen molar-refractivity contribution in [2.75, 3.05) is 20.1 Å². The smallest absolute Gasteiger partial charge is 0.419 e. The molecule has 0 saturated carbocycles. The molecule has 0 aromatic heterocycles. The summed E-state index contributed by atoms with van der Waals surface area (Å²) in [6.45, 7) is 3.23. The van der Waals surface area contributed by atoms with Crippen LogP contribution < -0.4 is 10.1 Å². The summed E-state index contributed by atoms with van der Waals surface area (Å²) in [5.41, 5.74) is -0.876. The van der Waals surface area contributed by atoms with Gasteiger partial charge >= 0.3 is 6.18 Å². The second-order valence-electron chi connectivity index (χ2n) is 5.84. The van der Waals surface area contributed by atoms with Crippen molar-refractivity contribution in [2.45, 2.75) is 38.1 Å². The minimum Gasteiger partial charge on any atom is -0.480 e. The highest BCUT2D eigenvalue weighted by molar-refractivity contribution is 5.81. The molecule has 0 bridgehead atoms. The lowest BCUT2D eigenvalue weighted by molar-refractivity contribution is -0.140. The average Bonchev–Trinajstić information content (AvgIpc) is 2.49. The van der Waals surface area contributed by atoms with E-state index < -0.39 is 23.8 Å². The van der Waals surface area contributed by atoms with Crippen molar-refractivity contribution >= 4 is 5.91 Å². The van der Waals surface area contributed by atoms with Gasteiger partial charge in [-0.3, -0.25) is 4.79 Å². The topological polar surface area (TPSA) is 41.6 Å². The van der Waals surface area contributed by atoms with Crippen LogP contribution in [0.4, 0.5) is 13.2 Å². The molecule has 1 aromatic rings. The van der Waals surface area contributed by atoms with E-state index >= 15 is 0 Å². The number of piperidine rings is 1. The van der Waals surface area contributed by atoms with Gasteiger partial charge in [0.05, 0.1) is 5.56 Å². The summed E-state index contributed by atoms with van der Waals surface area (Å²) >= 11 is 0. The molecule has 1 atom stereocenters. The van der Waals surface area contributed by atoms with Crippen molar-refractivity contribution in [3.05, 3.63) is 29.8 Å². The van der Waals surface area contributed by atoms with E-state index in [1.165, 1.54) is 25.1 Å². The first-order valence-electron chi connectivity index (χ1n) is 7.59. The maximum Gasteiger partial charge on any atom is 0.419 e. The van der Waals surface area contributed by atoms with Crippen LogP contribution in [-0.4, -0.2) is 43.1 Å². The fourth-order valence-corrected chi connectivity index (χ4v) is 2.52. The fourth-order valence-electron chi connectivity index (χ4n) is 2.52. The molecule has 1 aliphatic heterocycles. The van der Waals surface area contributed by atoms with E-state index in [2.05, 4.69) is 10.2 Å². The predicted molar refractivity (Wildman–Crippen MR) is 80.2 cm³/mol. The predicted octanol–water partition coefficient (Wildman–Crippen LogP) is 2.68. The molecule has 2 rings (SSSR count).